The fraction of sp³-hybridized carbons (Fsp3) is 0.238. The van der Waals surface area contributed by atoms with Crippen LogP contribution in [0.3, 0.4) is 0 Å². The highest BCUT2D eigenvalue weighted by molar-refractivity contribution is 9.10. The molecule has 2 aromatic carbocycles. The van der Waals surface area contributed by atoms with Crippen LogP contribution in [0.15, 0.2) is 46.9 Å². The van der Waals surface area contributed by atoms with Crippen LogP contribution < -0.4 is 5.73 Å². The molecule has 4 rings (SSSR count). The third-order valence-corrected chi connectivity index (χ3v) is 6.00. The molecule has 4 amide bonds. The summed E-state index contributed by atoms with van der Waals surface area (Å²) in [5, 5.41) is 0. The van der Waals surface area contributed by atoms with Crippen LogP contribution in [0, 0.1) is 0 Å². The van der Waals surface area contributed by atoms with Crippen LogP contribution >= 0.6 is 15.9 Å². The van der Waals surface area contributed by atoms with Gasteiger partial charge in [-0.3, -0.25) is 19.2 Å². The van der Waals surface area contributed by atoms with E-state index >= 15 is 0 Å². The number of rotatable bonds is 3. The molecule has 29 heavy (non-hydrogen) atoms. The summed E-state index contributed by atoms with van der Waals surface area (Å²) in [7, 11) is 0. The van der Waals surface area contributed by atoms with E-state index in [4.69, 9.17) is 5.73 Å². The van der Waals surface area contributed by atoms with E-state index in [0.29, 0.717) is 21.5 Å². The molecular formula is C21H18BrN3O4. The van der Waals surface area contributed by atoms with Crippen LogP contribution in [0.2, 0.25) is 0 Å². The highest BCUT2D eigenvalue weighted by Gasteiger charge is 2.45. The average Bonchev–Trinajstić information content (AvgIpc) is 3.04. The number of likely N-dealkylation sites (tertiary alicyclic amines) is 1. The number of halogens is 1. The minimum Gasteiger partial charge on any atom is -0.326 e. The molecule has 2 heterocycles. The summed E-state index contributed by atoms with van der Waals surface area (Å²) < 4.78 is 0.492. The summed E-state index contributed by atoms with van der Waals surface area (Å²) in [5.41, 5.74) is 8.11. The van der Waals surface area contributed by atoms with Crippen LogP contribution in [0.5, 0.6) is 0 Å². The highest BCUT2D eigenvalue weighted by Crippen LogP contribution is 2.30. The van der Waals surface area contributed by atoms with Gasteiger partial charge in [0, 0.05) is 29.5 Å². The molecule has 1 fully saturated rings. The van der Waals surface area contributed by atoms with E-state index in [9.17, 15) is 19.2 Å². The lowest BCUT2D eigenvalue weighted by atomic mass is 10.0. The number of fused-ring (bicyclic) bond motifs is 1. The lowest BCUT2D eigenvalue weighted by molar-refractivity contribution is -0.148. The van der Waals surface area contributed by atoms with Gasteiger partial charge in [0.05, 0.1) is 5.56 Å². The number of hydrogen-bond donors (Lipinski definition) is 1. The monoisotopic (exact) mass is 455 g/mol. The number of nitrogens with two attached hydrogens (primary N) is 1. The van der Waals surface area contributed by atoms with Gasteiger partial charge in [-0.25, -0.2) is 4.90 Å². The van der Waals surface area contributed by atoms with Crippen molar-refractivity contribution in [3.8, 4) is 0 Å². The van der Waals surface area contributed by atoms with E-state index in [1.165, 1.54) is 4.90 Å². The summed E-state index contributed by atoms with van der Waals surface area (Å²) in [6, 6.07) is 11.1. The van der Waals surface area contributed by atoms with Gasteiger partial charge in [-0.05, 0) is 51.7 Å². The molecule has 0 bridgehead atoms. The molecule has 2 aliphatic rings. The Labute approximate surface area is 175 Å². The number of carbonyl (C=O) groups is 4. The number of carbonyl (C=O) groups excluding carboxylic acids is 4. The SMILES string of the molecule is NCc1ccc2c(c1)CN(C1CCC(=O)N(C(=O)c3ccccc3Br)C1=O)C2=O. The van der Waals surface area contributed by atoms with Crippen LogP contribution in [0.1, 0.15) is 44.7 Å². The van der Waals surface area contributed by atoms with Gasteiger partial charge < -0.3 is 10.6 Å². The van der Waals surface area contributed by atoms with E-state index in [1.54, 1.807) is 36.4 Å². The van der Waals surface area contributed by atoms with E-state index < -0.39 is 23.8 Å². The van der Waals surface area contributed by atoms with Crippen LogP contribution in [0.25, 0.3) is 0 Å². The lowest BCUT2D eigenvalue weighted by Crippen LogP contribution is -2.56. The molecule has 8 heteroatoms. The highest BCUT2D eigenvalue weighted by atomic mass is 79.9. The molecule has 0 radical (unpaired) electrons. The normalized spacial score (nSPS) is 19.0. The summed E-state index contributed by atoms with van der Waals surface area (Å²) in [4.78, 5) is 53.5. The molecule has 0 spiro atoms. The number of imide groups is 3. The second-order valence-corrected chi connectivity index (χ2v) is 7.89. The number of nitrogens with zero attached hydrogens (tertiary/aromatic N) is 2. The maximum absolute atomic E-state index is 13.1. The Balaban J connectivity index is 1.62. The zero-order valence-electron chi connectivity index (χ0n) is 15.4. The topological polar surface area (TPSA) is 101 Å². The number of amides is 4. The summed E-state index contributed by atoms with van der Waals surface area (Å²) >= 11 is 3.28. The van der Waals surface area contributed by atoms with Gasteiger partial charge in [-0.15, -0.1) is 0 Å². The molecule has 1 saturated heterocycles. The molecule has 1 atom stereocenters. The molecule has 2 aliphatic heterocycles. The number of piperidine rings is 1. The maximum Gasteiger partial charge on any atom is 0.268 e. The van der Waals surface area contributed by atoms with Crippen LogP contribution in [-0.2, 0) is 22.7 Å². The van der Waals surface area contributed by atoms with Crippen molar-refractivity contribution in [1.29, 1.82) is 0 Å². The molecular weight excluding hydrogens is 438 g/mol. The van der Waals surface area contributed by atoms with E-state index in [0.717, 1.165) is 11.1 Å². The largest absolute Gasteiger partial charge is 0.326 e. The fourth-order valence-corrected chi connectivity index (χ4v) is 4.25. The fourth-order valence-electron chi connectivity index (χ4n) is 3.80. The Morgan fingerprint density at radius 1 is 1.14 bits per heavy atom. The molecule has 0 saturated carbocycles. The van der Waals surface area contributed by atoms with Gasteiger partial charge in [0.25, 0.3) is 17.7 Å². The van der Waals surface area contributed by atoms with Gasteiger partial charge in [0.2, 0.25) is 5.91 Å². The minimum absolute atomic E-state index is 0.0147. The number of hydrogen-bond acceptors (Lipinski definition) is 5. The summed E-state index contributed by atoms with van der Waals surface area (Å²) in [6.07, 6.45) is 0.210. The van der Waals surface area contributed by atoms with Crippen LogP contribution in [-0.4, -0.2) is 39.5 Å². The van der Waals surface area contributed by atoms with Crippen LogP contribution in [0.4, 0.5) is 0 Å². The quantitative estimate of drug-likeness (QED) is 0.714. The molecule has 7 nitrogen and oxygen atoms in total. The Hall–Kier alpha value is -2.84. The van der Waals surface area contributed by atoms with Crippen molar-refractivity contribution in [3.63, 3.8) is 0 Å². The first-order valence-corrected chi connectivity index (χ1v) is 10.00. The molecule has 0 aromatic heterocycles. The average molecular weight is 456 g/mol. The first-order chi connectivity index (χ1) is 13.9. The Morgan fingerprint density at radius 2 is 1.90 bits per heavy atom. The van der Waals surface area contributed by atoms with Gasteiger partial charge in [-0.1, -0.05) is 24.3 Å². The predicted octanol–water partition coefficient (Wildman–Crippen LogP) is 2.22. The van der Waals surface area contributed by atoms with Gasteiger partial charge in [0.15, 0.2) is 0 Å². The number of benzene rings is 2. The van der Waals surface area contributed by atoms with E-state index in [2.05, 4.69) is 15.9 Å². The van der Waals surface area contributed by atoms with Crippen molar-refractivity contribution in [1.82, 2.24) is 9.80 Å². The first kappa shape index (κ1) is 19.5. The van der Waals surface area contributed by atoms with Crippen molar-refractivity contribution in [2.45, 2.75) is 32.0 Å². The second kappa shape index (κ2) is 7.53. The predicted molar refractivity (Wildman–Crippen MR) is 108 cm³/mol. The first-order valence-electron chi connectivity index (χ1n) is 9.21. The molecule has 148 valence electrons. The maximum atomic E-state index is 13.1. The Morgan fingerprint density at radius 3 is 2.62 bits per heavy atom. The standard InChI is InChI=1S/C21H18BrN3O4/c22-16-4-2-1-3-15(16)20(28)25-18(26)8-7-17(21(25)29)24-11-13-9-12(10-23)5-6-14(13)19(24)27/h1-6,9,17H,7-8,10-11,23H2. The molecule has 0 aliphatic carbocycles. The lowest BCUT2D eigenvalue weighted by Gasteiger charge is -2.34. The van der Waals surface area contributed by atoms with E-state index in [1.807, 2.05) is 6.07 Å². The van der Waals surface area contributed by atoms with E-state index in [-0.39, 0.29) is 30.9 Å². The Kier molecular flexibility index (Phi) is 5.06. The Bertz CT molecular complexity index is 1050. The van der Waals surface area contributed by atoms with Crippen molar-refractivity contribution in [2.24, 2.45) is 5.73 Å². The van der Waals surface area contributed by atoms with Crippen molar-refractivity contribution < 1.29 is 19.2 Å². The van der Waals surface area contributed by atoms with Crippen molar-refractivity contribution in [2.75, 3.05) is 0 Å². The smallest absolute Gasteiger partial charge is 0.268 e. The molecule has 2 N–H and O–H groups in total. The zero-order chi connectivity index (χ0) is 20.7. The zero-order valence-corrected chi connectivity index (χ0v) is 17.0. The third-order valence-electron chi connectivity index (χ3n) is 5.31. The molecule has 1 unspecified atom stereocenters. The summed E-state index contributed by atoms with van der Waals surface area (Å²) in [6.45, 7) is 0.607. The van der Waals surface area contributed by atoms with Gasteiger partial charge >= 0.3 is 0 Å². The van der Waals surface area contributed by atoms with Crippen molar-refractivity contribution in [3.05, 3.63) is 69.2 Å². The molecule has 2 aromatic rings. The van der Waals surface area contributed by atoms with Crippen molar-refractivity contribution >= 4 is 39.6 Å². The van der Waals surface area contributed by atoms with Gasteiger partial charge in [-0.2, -0.15) is 0 Å². The van der Waals surface area contributed by atoms with Gasteiger partial charge in [0.1, 0.15) is 6.04 Å². The second-order valence-electron chi connectivity index (χ2n) is 7.04. The minimum atomic E-state index is -0.861. The third kappa shape index (κ3) is 3.28. The summed E-state index contributed by atoms with van der Waals surface area (Å²) in [5.74, 6) is -2.18.